The van der Waals surface area contributed by atoms with Gasteiger partial charge in [0.1, 0.15) is 0 Å². The first-order valence-corrected chi connectivity index (χ1v) is 12.6. The molecule has 0 amide bonds. The van der Waals surface area contributed by atoms with Gasteiger partial charge in [0.05, 0.1) is 16.3 Å². The van der Waals surface area contributed by atoms with E-state index in [1.165, 1.54) is 0 Å². The minimum absolute atomic E-state index is 0. The van der Waals surface area contributed by atoms with Gasteiger partial charge in [0.2, 0.25) is 10.0 Å². The summed E-state index contributed by atoms with van der Waals surface area (Å²) in [6.45, 7) is 4.42. The van der Waals surface area contributed by atoms with Gasteiger partial charge in [0, 0.05) is 43.8 Å². The molecule has 30 heavy (non-hydrogen) atoms. The highest BCUT2D eigenvalue weighted by molar-refractivity contribution is 7.89. The Balaban J connectivity index is 0.00000320. The van der Waals surface area contributed by atoms with E-state index in [1.54, 1.807) is 22.5 Å². The van der Waals surface area contributed by atoms with Crippen molar-refractivity contribution in [2.45, 2.75) is 57.4 Å². The monoisotopic (exact) mass is 477 g/mol. The lowest BCUT2D eigenvalue weighted by Gasteiger charge is -2.46. The largest absolute Gasteiger partial charge is 0.398 e. The molecule has 0 bridgehead atoms. The van der Waals surface area contributed by atoms with E-state index in [0.29, 0.717) is 42.2 Å². The molecule has 2 N–H and O–H groups in total. The second kappa shape index (κ2) is 10.6. The predicted molar refractivity (Wildman–Crippen MR) is 125 cm³/mol. The van der Waals surface area contributed by atoms with Gasteiger partial charge in [-0.1, -0.05) is 37.4 Å². The first-order chi connectivity index (χ1) is 13.8. The van der Waals surface area contributed by atoms with E-state index in [9.17, 15) is 13.2 Å². The smallest absolute Gasteiger partial charge is 0.214 e. The third-order valence-corrected chi connectivity index (χ3v) is 8.83. The van der Waals surface area contributed by atoms with Crippen molar-refractivity contribution in [2.75, 3.05) is 37.7 Å². The van der Waals surface area contributed by atoms with E-state index in [1.807, 2.05) is 6.92 Å². The van der Waals surface area contributed by atoms with Crippen molar-refractivity contribution in [1.29, 1.82) is 0 Å². The molecule has 170 valence electrons. The van der Waals surface area contributed by atoms with Gasteiger partial charge < -0.3 is 5.73 Å². The van der Waals surface area contributed by atoms with Gasteiger partial charge >= 0.3 is 0 Å². The molecule has 9 heteroatoms. The molecule has 1 aliphatic carbocycles. The fourth-order valence-electron chi connectivity index (χ4n) is 4.89. The number of halogens is 2. The molecular formula is C21H33Cl2N3O3S. The molecule has 6 nitrogen and oxygen atoms in total. The van der Waals surface area contributed by atoms with Gasteiger partial charge in [-0.05, 0) is 37.8 Å². The number of nitrogens with two attached hydrogens (primary N) is 1. The molecule has 1 aromatic rings. The third-order valence-electron chi connectivity index (χ3n) is 6.44. The van der Waals surface area contributed by atoms with E-state index in [-0.39, 0.29) is 29.5 Å². The molecule has 1 saturated carbocycles. The zero-order valence-corrected chi connectivity index (χ0v) is 20.0. The zero-order valence-electron chi connectivity index (χ0n) is 17.6. The minimum atomic E-state index is -3.15. The Labute approximate surface area is 191 Å². The van der Waals surface area contributed by atoms with Crippen LogP contribution in [0.5, 0.6) is 0 Å². The number of carbonyl (C=O) groups is 1. The topological polar surface area (TPSA) is 83.7 Å². The summed E-state index contributed by atoms with van der Waals surface area (Å²) in [6.07, 6.45) is 6.22. The molecule has 0 aromatic heterocycles. The second-order valence-electron chi connectivity index (χ2n) is 8.26. The number of carbonyl (C=O) groups excluding carboxylic acids is 1. The van der Waals surface area contributed by atoms with Gasteiger partial charge in [0.25, 0.3) is 0 Å². The molecule has 3 rings (SSSR count). The molecule has 0 unspecified atom stereocenters. The maximum Gasteiger partial charge on any atom is 0.214 e. The average Bonchev–Trinajstić information content (AvgIpc) is 3.16. The Hall–Kier alpha value is -0.860. The van der Waals surface area contributed by atoms with Crippen LogP contribution in [0.3, 0.4) is 0 Å². The number of piperazine rings is 1. The van der Waals surface area contributed by atoms with Crippen molar-refractivity contribution in [3.8, 4) is 0 Å². The summed E-state index contributed by atoms with van der Waals surface area (Å²) in [5, 5.41) is 0.408. The van der Waals surface area contributed by atoms with Crippen molar-refractivity contribution in [1.82, 2.24) is 9.21 Å². The third kappa shape index (κ3) is 5.49. The Kier molecular flexibility index (Phi) is 9.01. The van der Waals surface area contributed by atoms with Crippen LogP contribution in [-0.2, 0) is 10.0 Å². The number of Topliss-reactive ketones (excluding diaryl/α,β-unsaturated/α-hetero) is 1. The fourth-order valence-corrected chi connectivity index (χ4v) is 6.67. The molecule has 0 atom stereocenters. The van der Waals surface area contributed by atoms with Gasteiger partial charge in [-0.2, -0.15) is 4.31 Å². The molecule has 1 aliphatic heterocycles. The number of benzene rings is 1. The molecule has 0 radical (unpaired) electrons. The van der Waals surface area contributed by atoms with Crippen molar-refractivity contribution in [2.24, 2.45) is 0 Å². The number of hydrogen-bond donors (Lipinski definition) is 1. The normalized spacial score (nSPS) is 20.1. The van der Waals surface area contributed by atoms with Crippen molar-refractivity contribution in [3.63, 3.8) is 0 Å². The lowest BCUT2D eigenvalue weighted by atomic mass is 9.86. The first kappa shape index (κ1) is 25.4. The molecule has 2 aliphatic rings. The number of anilines is 1. The molecule has 1 heterocycles. The van der Waals surface area contributed by atoms with Crippen LogP contribution in [0.25, 0.3) is 0 Å². The van der Waals surface area contributed by atoms with E-state index in [4.69, 9.17) is 17.3 Å². The molecule has 1 aromatic carbocycles. The summed E-state index contributed by atoms with van der Waals surface area (Å²) in [7, 11) is -3.15. The summed E-state index contributed by atoms with van der Waals surface area (Å²) < 4.78 is 26.4. The second-order valence-corrected chi connectivity index (χ2v) is 10.8. The summed E-state index contributed by atoms with van der Waals surface area (Å²) in [5.74, 6) is 0.204. The number of hydrogen-bond acceptors (Lipinski definition) is 5. The number of nitrogens with zero attached hydrogens (tertiary/aromatic N) is 2. The highest BCUT2D eigenvalue weighted by Gasteiger charge is 2.42. The summed E-state index contributed by atoms with van der Waals surface area (Å²) in [4.78, 5) is 15.3. The predicted octanol–water partition coefficient (Wildman–Crippen LogP) is 3.98. The Bertz CT molecular complexity index is 814. The highest BCUT2D eigenvalue weighted by atomic mass is 35.5. The molecule has 2 fully saturated rings. The van der Waals surface area contributed by atoms with Gasteiger partial charge in [0.15, 0.2) is 5.78 Å². The van der Waals surface area contributed by atoms with Gasteiger partial charge in [-0.15, -0.1) is 12.4 Å². The molecule has 1 saturated heterocycles. The van der Waals surface area contributed by atoms with Crippen LogP contribution in [0.4, 0.5) is 5.69 Å². The van der Waals surface area contributed by atoms with Crippen LogP contribution >= 0.6 is 24.0 Å². The quantitative estimate of drug-likeness (QED) is 0.452. The van der Waals surface area contributed by atoms with Crippen molar-refractivity contribution >= 4 is 45.5 Å². The van der Waals surface area contributed by atoms with E-state index < -0.39 is 10.0 Å². The number of ketones is 1. The summed E-state index contributed by atoms with van der Waals surface area (Å²) in [6, 6.07) is 5.16. The minimum Gasteiger partial charge on any atom is -0.398 e. The average molecular weight is 478 g/mol. The lowest BCUT2D eigenvalue weighted by molar-refractivity contribution is 0.0476. The number of sulfonamides is 1. The Morgan fingerprint density at radius 2 is 1.80 bits per heavy atom. The number of nitrogen functional groups attached to an aromatic ring is 1. The van der Waals surface area contributed by atoms with Crippen LogP contribution in [0.2, 0.25) is 5.02 Å². The Morgan fingerprint density at radius 1 is 1.17 bits per heavy atom. The van der Waals surface area contributed by atoms with Crippen LogP contribution < -0.4 is 5.73 Å². The van der Waals surface area contributed by atoms with Gasteiger partial charge in [-0.3, -0.25) is 9.69 Å². The highest BCUT2D eigenvalue weighted by Crippen LogP contribution is 2.40. The zero-order chi connectivity index (χ0) is 21.1. The van der Waals surface area contributed by atoms with Gasteiger partial charge in [-0.25, -0.2) is 8.42 Å². The first-order valence-electron chi connectivity index (χ1n) is 10.6. The van der Waals surface area contributed by atoms with E-state index in [2.05, 4.69) is 4.90 Å². The SMILES string of the molecule is CCCS(=O)(=O)N1CCN(C2(CCC(=O)c3c(N)cccc3Cl)CCCC2)CC1.Cl. The number of rotatable bonds is 8. The van der Waals surface area contributed by atoms with Crippen molar-refractivity contribution < 1.29 is 13.2 Å². The molecule has 0 spiro atoms. The maximum absolute atomic E-state index is 12.9. The lowest BCUT2D eigenvalue weighted by Crippen LogP contribution is -2.57. The maximum atomic E-state index is 12.9. The Morgan fingerprint density at radius 3 is 2.37 bits per heavy atom. The summed E-state index contributed by atoms with van der Waals surface area (Å²) >= 11 is 6.21. The molecular weight excluding hydrogens is 445 g/mol. The van der Waals surface area contributed by atoms with E-state index in [0.717, 1.165) is 45.2 Å². The van der Waals surface area contributed by atoms with Crippen molar-refractivity contribution in [3.05, 3.63) is 28.8 Å². The van der Waals surface area contributed by atoms with Crippen LogP contribution in [0.15, 0.2) is 18.2 Å². The van der Waals surface area contributed by atoms with Crippen LogP contribution in [0, 0.1) is 0 Å². The van der Waals surface area contributed by atoms with Crippen LogP contribution in [-0.4, -0.2) is 60.9 Å². The van der Waals surface area contributed by atoms with Crippen LogP contribution in [0.1, 0.15) is 62.2 Å². The fraction of sp³-hybridized carbons (Fsp3) is 0.667. The summed E-state index contributed by atoms with van der Waals surface area (Å²) in [5.41, 5.74) is 6.82. The standard InChI is InChI=1S/C21H32ClN3O3S.ClH/c1-2-16-29(27,28)25-14-12-24(13-15-25)21(9-3-4-10-21)11-8-19(26)20-17(22)6-5-7-18(20)23;/h5-7H,2-4,8-16,23H2,1H3;1H. The van der Waals surface area contributed by atoms with E-state index >= 15 is 0 Å².